The molecule has 0 saturated heterocycles. The van der Waals surface area contributed by atoms with Gasteiger partial charge in [0.2, 0.25) is 17.8 Å². The molecule has 0 amide bonds. The molecule has 19 heavy (non-hydrogen) atoms. The van der Waals surface area contributed by atoms with Gasteiger partial charge in [-0.15, -0.1) is 0 Å². The van der Waals surface area contributed by atoms with Crippen molar-refractivity contribution in [2.75, 3.05) is 29.7 Å². The van der Waals surface area contributed by atoms with Gasteiger partial charge in [0, 0.05) is 20.1 Å². The Morgan fingerprint density at radius 2 is 1.89 bits per heavy atom. The van der Waals surface area contributed by atoms with Crippen LogP contribution < -0.4 is 21.5 Å². The van der Waals surface area contributed by atoms with Crippen molar-refractivity contribution in [3.63, 3.8) is 0 Å². The van der Waals surface area contributed by atoms with Gasteiger partial charge in [-0.05, 0) is 18.8 Å². The van der Waals surface area contributed by atoms with E-state index in [-0.39, 0.29) is 0 Å². The number of nitrogens with zero attached hydrogens (tertiary/aromatic N) is 4. The van der Waals surface area contributed by atoms with E-state index in [1.54, 1.807) is 0 Å². The number of nitrogens with two attached hydrogens (primary N) is 1. The van der Waals surface area contributed by atoms with E-state index < -0.39 is 0 Å². The molecule has 1 fully saturated rings. The van der Waals surface area contributed by atoms with Crippen molar-refractivity contribution >= 4 is 17.8 Å². The molecule has 1 heterocycles. The van der Waals surface area contributed by atoms with Crippen molar-refractivity contribution in [1.82, 2.24) is 15.0 Å². The van der Waals surface area contributed by atoms with Gasteiger partial charge in [0.1, 0.15) is 0 Å². The Balaban J connectivity index is 2.12. The Morgan fingerprint density at radius 3 is 2.53 bits per heavy atom. The third-order valence-corrected chi connectivity index (χ3v) is 3.42. The molecule has 2 rings (SSSR count). The van der Waals surface area contributed by atoms with E-state index in [0.717, 1.165) is 12.3 Å². The molecule has 1 aromatic rings. The molecule has 7 heteroatoms. The van der Waals surface area contributed by atoms with Crippen LogP contribution in [0.3, 0.4) is 0 Å². The molecule has 7 nitrogen and oxygen atoms in total. The van der Waals surface area contributed by atoms with Crippen LogP contribution in [0.4, 0.5) is 17.8 Å². The van der Waals surface area contributed by atoms with Gasteiger partial charge in [0.15, 0.2) is 0 Å². The Labute approximate surface area is 114 Å². The molecular formula is C12H23N7. The molecule has 1 aliphatic carbocycles. The quantitative estimate of drug-likeness (QED) is 0.556. The van der Waals surface area contributed by atoms with Crippen LogP contribution >= 0.6 is 0 Å². The fourth-order valence-corrected chi connectivity index (χ4v) is 2.44. The van der Waals surface area contributed by atoms with Gasteiger partial charge < -0.3 is 10.2 Å². The SMILES string of the molecule is CC1CCCC(Nc2nc(NN)nc(N(C)C)n2)C1. The van der Waals surface area contributed by atoms with Crippen molar-refractivity contribution in [2.24, 2.45) is 11.8 Å². The topological polar surface area (TPSA) is 92.0 Å². The highest BCUT2D eigenvalue weighted by atomic mass is 15.4. The molecule has 0 aromatic carbocycles. The van der Waals surface area contributed by atoms with Gasteiger partial charge in [0.05, 0.1) is 0 Å². The van der Waals surface area contributed by atoms with E-state index in [1.807, 2.05) is 19.0 Å². The summed E-state index contributed by atoms with van der Waals surface area (Å²) in [4.78, 5) is 14.7. The molecule has 2 atom stereocenters. The highest BCUT2D eigenvalue weighted by molar-refractivity contribution is 5.42. The van der Waals surface area contributed by atoms with Crippen molar-refractivity contribution in [1.29, 1.82) is 0 Å². The first kappa shape index (κ1) is 13.8. The monoisotopic (exact) mass is 265 g/mol. The van der Waals surface area contributed by atoms with Crippen LogP contribution in [0.2, 0.25) is 0 Å². The van der Waals surface area contributed by atoms with Gasteiger partial charge in [-0.3, -0.25) is 5.43 Å². The van der Waals surface area contributed by atoms with Crippen LogP contribution in [0.15, 0.2) is 0 Å². The number of anilines is 3. The first-order valence-corrected chi connectivity index (χ1v) is 6.75. The van der Waals surface area contributed by atoms with E-state index >= 15 is 0 Å². The van der Waals surface area contributed by atoms with E-state index in [2.05, 4.69) is 32.6 Å². The average molecular weight is 265 g/mol. The number of aromatic nitrogens is 3. The number of hydrogen-bond donors (Lipinski definition) is 3. The average Bonchev–Trinajstić information content (AvgIpc) is 2.38. The summed E-state index contributed by atoms with van der Waals surface area (Å²) in [6.45, 7) is 2.29. The molecule has 0 spiro atoms. The molecule has 106 valence electrons. The molecule has 1 aliphatic rings. The maximum absolute atomic E-state index is 5.39. The molecule has 4 N–H and O–H groups in total. The number of nitrogens with one attached hydrogen (secondary N) is 2. The zero-order chi connectivity index (χ0) is 13.8. The maximum atomic E-state index is 5.39. The highest BCUT2D eigenvalue weighted by Gasteiger charge is 2.20. The zero-order valence-corrected chi connectivity index (χ0v) is 11.8. The van der Waals surface area contributed by atoms with Crippen LogP contribution in [0, 0.1) is 5.92 Å². The molecule has 0 aliphatic heterocycles. The highest BCUT2D eigenvalue weighted by Crippen LogP contribution is 2.25. The Bertz CT molecular complexity index is 421. The maximum Gasteiger partial charge on any atom is 0.243 e. The summed E-state index contributed by atoms with van der Waals surface area (Å²) in [5.41, 5.74) is 2.48. The molecule has 0 bridgehead atoms. The predicted octanol–water partition coefficient (Wildman–Crippen LogP) is 1.21. The van der Waals surface area contributed by atoms with E-state index in [1.165, 1.54) is 19.3 Å². The summed E-state index contributed by atoms with van der Waals surface area (Å²) < 4.78 is 0. The van der Waals surface area contributed by atoms with Gasteiger partial charge >= 0.3 is 0 Å². The van der Waals surface area contributed by atoms with Gasteiger partial charge in [-0.25, -0.2) is 5.84 Å². The van der Waals surface area contributed by atoms with E-state index in [4.69, 9.17) is 5.84 Å². The summed E-state index contributed by atoms with van der Waals surface area (Å²) in [6.07, 6.45) is 4.90. The number of hydrazine groups is 1. The summed E-state index contributed by atoms with van der Waals surface area (Å²) in [7, 11) is 3.78. The third-order valence-electron chi connectivity index (χ3n) is 3.42. The van der Waals surface area contributed by atoms with Crippen LogP contribution in [0.25, 0.3) is 0 Å². The summed E-state index contributed by atoms with van der Waals surface area (Å²) >= 11 is 0. The minimum Gasteiger partial charge on any atom is -0.351 e. The van der Waals surface area contributed by atoms with Gasteiger partial charge in [-0.1, -0.05) is 19.8 Å². The lowest BCUT2D eigenvalue weighted by Crippen LogP contribution is -2.28. The Morgan fingerprint density at radius 1 is 1.16 bits per heavy atom. The summed E-state index contributed by atoms with van der Waals surface area (Å²) in [6, 6.07) is 0.437. The largest absolute Gasteiger partial charge is 0.351 e. The van der Waals surface area contributed by atoms with Crippen molar-refractivity contribution < 1.29 is 0 Å². The number of rotatable bonds is 4. The second-order valence-electron chi connectivity index (χ2n) is 5.43. The van der Waals surface area contributed by atoms with Crippen molar-refractivity contribution in [3.8, 4) is 0 Å². The number of hydrogen-bond acceptors (Lipinski definition) is 7. The first-order chi connectivity index (χ1) is 9.08. The Hall–Kier alpha value is -1.63. The fourth-order valence-electron chi connectivity index (χ4n) is 2.44. The Kier molecular flexibility index (Phi) is 4.36. The molecule has 1 aromatic heterocycles. The lowest BCUT2D eigenvalue weighted by Gasteiger charge is -2.27. The van der Waals surface area contributed by atoms with E-state index in [9.17, 15) is 0 Å². The van der Waals surface area contributed by atoms with Gasteiger partial charge in [-0.2, -0.15) is 15.0 Å². The zero-order valence-electron chi connectivity index (χ0n) is 11.8. The smallest absolute Gasteiger partial charge is 0.243 e. The van der Waals surface area contributed by atoms with E-state index in [0.29, 0.717) is 23.9 Å². The normalized spacial score (nSPS) is 22.9. The molecule has 0 radical (unpaired) electrons. The minimum atomic E-state index is 0.380. The molecular weight excluding hydrogens is 242 g/mol. The third kappa shape index (κ3) is 3.66. The molecule has 2 unspecified atom stereocenters. The van der Waals surface area contributed by atoms with Crippen LogP contribution in [-0.2, 0) is 0 Å². The van der Waals surface area contributed by atoms with Crippen molar-refractivity contribution in [2.45, 2.75) is 38.6 Å². The lowest BCUT2D eigenvalue weighted by molar-refractivity contribution is 0.357. The summed E-state index contributed by atoms with van der Waals surface area (Å²) in [5.74, 6) is 7.71. The van der Waals surface area contributed by atoms with Crippen LogP contribution in [-0.4, -0.2) is 35.1 Å². The van der Waals surface area contributed by atoms with Crippen LogP contribution in [0.5, 0.6) is 0 Å². The minimum absolute atomic E-state index is 0.380. The second kappa shape index (κ2) is 6.01. The second-order valence-corrected chi connectivity index (χ2v) is 5.43. The summed E-state index contributed by atoms with van der Waals surface area (Å²) in [5, 5.41) is 3.40. The fraction of sp³-hybridized carbons (Fsp3) is 0.750. The van der Waals surface area contributed by atoms with Crippen molar-refractivity contribution in [3.05, 3.63) is 0 Å². The molecule has 1 saturated carbocycles. The standard InChI is InChI=1S/C12H23N7/c1-8-5-4-6-9(7-8)14-10-15-11(18-13)17-12(16-10)19(2)3/h8-9H,4-7,13H2,1-3H3,(H2,14,15,16,17,18). The lowest BCUT2D eigenvalue weighted by atomic mass is 9.87. The number of nitrogen functional groups attached to an aromatic ring is 1. The van der Waals surface area contributed by atoms with Gasteiger partial charge in [0.25, 0.3) is 0 Å². The predicted molar refractivity (Wildman–Crippen MR) is 77.0 cm³/mol. The first-order valence-electron chi connectivity index (χ1n) is 6.75. The van der Waals surface area contributed by atoms with Crippen LogP contribution in [0.1, 0.15) is 32.6 Å².